The molecule has 1 saturated heterocycles. The molecule has 1 saturated carbocycles. The van der Waals surface area contributed by atoms with Gasteiger partial charge in [0.15, 0.2) is 0 Å². The first-order valence-corrected chi connectivity index (χ1v) is 8.64. The summed E-state index contributed by atoms with van der Waals surface area (Å²) >= 11 is 0. The lowest BCUT2D eigenvalue weighted by molar-refractivity contribution is -0.206. The van der Waals surface area contributed by atoms with E-state index in [1.54, 1.807) is 0 Å². The molecule has 1 atom stereocenters. The Morgan fingerprint density at radius 1 is 1.20 bits per heavy atom. The number of rotatable bonds is 3. The molecule has 1 aliphatic heterocycles. The van der Waals surface area contributed by atoms with E-state index in [4.69, 9.17) is 4.74 Å². The molecule has 1 heterocycles. The van der Waals surface area contributed by atoms with Gasteiger partial charge in [0.25, 0.3) is 0 Å². The van der Waals surface area contributed by atoms with Crippen molar-refractivity contribution < 1.29 is 4.74 Å². The van der Waals surface area contributed by atoms with Gasteiger partial charge >= 0.3 is 0 Å². The molecule has 1 unspecified atom stereocenters. The van der Waals surface area contributed by atoms with Crippen LogP contribution in [-0.2, 0) is 4.74 Å². The summed E-state index contributed by atoms with van der Waals surface area (Å²) in [5, 5.41) is 3.66. The lowest BCUT2D eigenvalue weighted by atomic mass is 9.66. The maximum Gasteiger partial charge on any atom is 0.0814 e. The van der Waals surface area contributed by atoms with Gasteiger partial charge in [-0.1, -0.05) is 41.0 Å². The average molecular weight is 281 g/mol. The van der Waals surface area contributed by atoms with Crippen LogP contribution in [0.15, 0.2) is 0 Å². The Morgan fingerprint density at radius 3 is 2.30 bits per heavy atom. The van der Waals surface area contributed by atoms with Crippen molar-refractivity contribution in [3.8, 4) is 0 Å². The van der Waals surface area contributed by atoms with Crippen molar-refractivity contribution in [3.63, 3.8) is 0 Å². The van der Waals surface area contributed by atoms with Gasteiger partial charge in [-0.25, -0.2) is 0 Å². The zero-order chi connectivity index (χ0) is 15.0. The Balaban J connectivity index is 2.02. The predicted octanol–water partition coefficient (Wildman–Crippen LogP) is 4.39. The van der Waals surface area contributed by atoms with Crippen molar-refractivity contribution in [1.82, 2.24) is 5.32 Å². The normalized spacial score (nSPS) is 39.5. The highest BCUT2D eigenvalue weighted by atomic mass is 16.5. The van der Waals surface area contributed by atoms with Crippen LogP contribution in [0, 0.1) is 17.3 Å². The Morgan fingerprint density at radius 2 is 1.80 bits per heavy atom. The zero-order valence-electron chi connectivity index (χ0n) is 14.5. The molecule has 0 bridgehead atoms. The van der Waals surface area contributed by atoms with Crippen molar-refractivity contribution in [2.24, 2.45) is 17.3 Å². The second kappa shape index (κ2) is 5.61. The molecule has 0 aromatic carbocycles. The molecule has 20 heavy (non-hydrogen) atoms. The highest BCUT2D eigenvalue weighted by molar-refractivity contribution is 4.99. The molecule has 2 aliphatic rings. The summed E-state index contributed by atoms with van der Waals surface area (Å²) in [5.41, 5.74) is 0.605. The fourth-order valence-corrected chi connectivity index (χ4v) is 3.92. The Hall–Kier alpha value is -0.0800. The summed E-state index contributed by atoms with van der Waals surface area (Å²) < 4.78 is 6.70. The second-order valence-corrected chi connectivity index (χ2v) is 8.47. The van der Waals surface area contributed by atoms with Crippen molar-refractivity contribution in [2.75, 3.05) is 13.1 Å². The van der Waals surface area contributed by atoms with Gasteiger partial charge in [-0.05, 0) is 49.9 Å². The van der Waals surface area contributed by atoms with Gasteiger partial charge < -0.3 is 10.1 Å². The molecule has 0 aromatic heterocycles. The molecule has 2 fully saturated rings. The molecule has 118 valence electrons. The third-order valence-corrected chi connectivity index (χ3v) is 6.51. The largest absolute Gasteiger partial charge is 0.366 e. The van der Waals surface area contributed by atoms with Crippen molar-refractivity contribution in [2.45, 2.75) is 84.8 Å². The molecule has 1 N–H and O–H groups in total. The van der Waals surface area contributed by atoms with E-state index in [9.17, 15) is 0 Å². The minimum Gasteiger partial charge on any atom is -0.366 e. The van der Waals surface area contributed by atoms with Gasteiger partial charge in [0.1, 0.15) is 0 Å². The summed E-state index contributed by atoms with van der Waals surface area (Å²) in [4.78, 5) is 0. The first kappa shape index (κ1) is 16.3. The monoisotopic (exact) mass is 281 g/mol. The van der Waals surface area contributed by atoms with Crippen LogP contribution in [0.4, 0.5) is 0 Å². The molecule has 1 spiro atoms. The number of nitrogens with one attached hydrogen (secondary N) is 1. The molecular formula is C18H35NO. The first-order valence-electron chi connectivity index (χ1n) is 8.64. The standard InChI is InChI=1S/C18H35NO/c1-7-16(4,5)15-8-10-18(11-9-15)13-19-12-17(6,20-18)14(2)3/h14-15,19H,7-13H2,1-6H3. The Bertz CT molecular complexity index is 328. The van der Waals surface area contributed by atoms with Gasteiger partial charge in [0.05, 0.1) is 11.2 Å². The fraction of sp³-hybridized carbons (Fsp3) is 1.00. The van der Waals surface area contributed by atoms with E-state index < -0.39 is 0 Å². The topological polar surface area (TPSA) is 21.3 Å². The van der Waals surface area contributed by atoms with Crippen LogP contribution in [-0.4, -0.2) is 24.3 Å². The summed E-state index contributed by atoms with van der Waals surface area (Å²) in [5.74, 6) is 1.44. The zero-order valence-corrected chi connectivity index (χ0v) is 14.5. The third-order valence-electron chi connectivity index (χ3n) is 6.51. The molecular weight excluding hydrogens is 246 g/mol. The highest BCUT2D eigenvalue weighted by Crippen LogP contribution is 2.47. The van der Waals surface area contributed by atoms with E-state index in [0.29, 0.717) is 11.3 Å². The molecule has 0 amide bonds. The molecule has 2 heteroatoms. The number of hydrogen-bond acceptors (Lipinski definition) is 2. The summed E-state index contributed by atoms with van der Waals surface area (Å²) in [6, 6.07) is 0. The molecule has 0 aromatic rings. The molecule has 0 radical (unpaired) electrons. The van der Waals surface area contributed by atoms with E-state index in [0.717, 1.165) is 19.0 Å². The van der Waals surface area contributed by atoms with Crippen LogP contribution < -0.4 is 5.32 Å². The number of morpholine rings is 1. The van der Waals surface area contributed by atoms with Crippen LogP contribution in [0.25, 0.3) is 0 Å². The SMILES string of the molecule is CCC(C)(C)C1CCC2(CC1)CNCC(C)(C(C)C)O2. The van der Waals surface area contributed by atoms with E-state index >= 15 is 0 Å². The van der Waals surface area contributed by atoms with Gasteiger partial charge in [-0.2, -0.15) is 0 Å². The smallest absolute Gasteiger partial charge is 0.0814 e. The maximum absolute atomic E-state index is 6.70. The Kier molecular flexibility index (Phi) is 4.57. The van der Waals surface area contributed by atoms with Gasteiger partial charge in [0.2, 0.25) is 0 Å². The van der Waals surface area contributed by atoms with Crippen LogP contribution in [0.3, 0.4) is 0 Å². The Labute approximate surface area is 126 Å². The van der Waals surface area contributed by atoms with Crippen LogP contribution in [0.1, 0.15) is 73.6 Å². The second-order valence-electron chi connectivity index (χ2n) is 8.47. The van der Waals surface area contributed by atoms with E-state index in [1.807, 2.05) is 0 Å². The number of ether oxygens (including phenoxy) is 1. The lowest BCUT2D eigenvalue weighted by Gasteiger charge is -2.53. The van der Waals surface area contributed by atoms with Gasteiger partial charge in [-0.3, -0.25) is 0 Å². The number of hydrogen-bond donors (Lipinski definition) is 1. The minimum absolute atomic E-state index is 0.00532. The minimum atomic E-state index is 0.00532. The van der Waals surface area contributed by atoms with E-state index in [1.165, 1.54) is 32.1 Å². The molecule has 2 nitrogen and oxygen atoms in total. The summed E-state index contributed by atoms with van der Waals surface area (Å²) in [6.45, 7) is 16.1. The molecule has 2 rings (SSSR count). The van der Waals surface area contributed by atoms with Crippen LogP contribution in [0.5, 0.6) is 0 Å². The van der Waals surface area contributed by atoms with Crippen molar-refractivity contribution in [3.05, 3.63) is 0 Å². The van der Waals surface area contributed by atoms with E-state index in [-0.39, 0.29) is 11.2 Å². The fourth-order valence-electron chi connectivity index (χ4n) is 3.92. The third kappa shape index (κ3) is 3.06. The molecule has 1 aliphatic carbocycles. The van der Waals surface area contributed by atoms with Gasteiger partial charge in [-0.15, -0.1) is 0 Å². The lowest BCUT2D eigenvalue weighted by Crippen LogP contribution is -2.62. The van der Waals surface area contributed by atoms with E-state index in [2.05, 4.69) is 46.9 Å². The van der Waals surface area contributed by atoms with Crippen LogP contribution in [0.2, 0.25) is 0 Å². The quantitative estimate of drug-likeness (QED) is 0.828. The van der Waals surface area contributed by atoms with Crippen LogP contribution >= 0.6 is 0 Å². The van der Waals surface area contributed by atoms with Gasteiger partial charge in [0, 0.05) is 13.1 Å². The average Bonchev–Trinajstić information content (AvgIpc) is 2.39. The predicted molar refractivity (Wildman–Crippen MR) is 86.0 cm³/mol. The van der Waals surface area contributed by atoms with Crippen molar-refractivity contribution >= 4 is 0 Å². The highest BCUT2D eigenvalue weighted by Gasteiger charge is 2.47. The van der Waals surface area contributed by atoms with Crippen molar-refractivity contribution in [1.29, 1.82) is 0 Å². The first-order chi connectivity index (χ1) is 9.23. The summed E-state index contributed by atoms with van der Waals surface area (Å²) in [7, 11) is 0. The maximum atomic E-state index is 6.70. The summed E-state index contributed by atoms with van der Waals surface area (Å²) in [6.07, 6.45) is 6.41.